The molecule has 2 aromatic carbocycles. The van der Waals surface area contributed by atoms with Crippen molar-refractivity contribution in [3.8, 4) is 5.75 Å². The van der Waals surface area contributed by atoms with Gasteiger partial charge >= 0.3 is 0 Å². The maximum Gasteiger partial charge on any atom is 0.238 e. The largest absolute Gasteiger partial charge is 0.497 e. The van der Waals surface area contributed by atoms with Crippen molar-refractivity contribution in [1.82, 2.24) is 4.90 Å². The van der Waals surface area contributed by atoms with Gasteiger partial charge in [0.15, 0.2) is 0 Å². The van der Waals surface area contributed by atoms with Gasteiger partial charge in [-0.3, -0.25) is 9.69 Å². The lowest BCUT2D eigenvalue weighted by atomic mass is 10.1. The molecular weight excluding hydrogens is 300 g/mol. The van der Waals surface area contributed by atoms with Crippen LogP contribution in [0.1, 0.15) is 18.9 Å². The van der Waals surface area contributed by atoms with Gasteiger partial charge in [-0.15, -0.1) is 0 Å². The highest BCUT2D eigenvalue weighted by molar-refractivity contribution is 5.92. The third-order valence-corrected chi connectivity index (χ3v) is 3.95. The number of carbonyl (C=O) groups excluding carboxylic acids is 1. The van der Waals surface area contributed by atoms with Crippen LogP contribution >= 0.6 is 0 Å². The number of nitrogens with one attached hydrogen (secondary N) is 1. The average molecular weight is 326 g/mol. The maximum atomic E-state index is 12.2. The SMILES string of the molecule is CCN(CCCc1ccccc1)CC(=O)Nc1cccc(OC)c1. The quantitative estimate of drug-likeness (QED) is 0.766. The van der Waals surface area contributed by atoms with Gasteiger partial charge in [-0.05, 0) is 43.6 Å². The number of aryl methyl sites for hydroxylation is 1. The van der Waals surface area contributed by atoms with Gasteiger partial charge in [0, 0.05) is 11.8 Å². The van der Waals surface area contributed by atoms with E-state index in [1.807, 2.05) is 30.3 Å². The molecule has 0 aromatic heterocycles. The highest BCUT2D eigenvalue weighted by atomic mass is 16.5. The van der Waals surface area contributed by atoms with Crippen molar-refractivity contribution < 1.29 is 9.53 Å². The number of amides is 1. The van der Waals surface area contributed by atoms with Gasteiger partial charge < -0.3 is 10.1 Å². The summed E-state index contributed by atoms with van der Waals surface area (Å²) in [6, 6.07) is 17.9. The van der Waals surface area contributed by atoms with Gasteiger partial charge in [-0.25, -0.2) is 0 Å². The normalized spacial score (nSPS) is 10.6. The van der Waals surface area contributed by atoms with Crippen LogP contribution in [0.2, 0.25) is 0 Å². The summed E-state index contributed by atoms with van der Waals surface area (Å²) in [6.07, 6.45) is 2.08. The van der Waals surface area contributed by atoms with Crippen LogP contribution in [0, 0.1) is 0 Å². The summed E-state index contributed by atoms with van der Waals surface area (Å²) in [5.74, 6) is 0.743. The highest BCUT2D eigenvalue weighted by Gasteiger charge is 2.09. The Balaban J connectivity index is 1.77. The van der Waals surface area contributed by atoms with Crippen molar-refractivity contribution >= 4 is 11.6 Å². The van der Waals surface area contributed by atoms with Crippen LogP contribution in [0.3, 0.4) is 0 Å². The Kier molecular flexibility index (Phi) is 7.30. The fourth-order valence-electron chi connectivity index (χ4n) is 2.60. The van der Waals surface area contributed by atoms with Crippen LogP contribution in [0.15, 0.2) is 54.6 Å². The van der Waals surface area contributed by atoms with Crippen molar-refractivity contribution in [2.75, 3.05) is 32.1 Å². The molecule has 0 aliphatic heterocycles. The lowest BCUT2D eigenvalue weighted by molar-refractivity contribution is -0.117. The average Bonchev–Trinajstić information content (AvgIpc) is 2.62. The lowest BCUT2D eigenvalue weighted by Crippen LogP contribution is -2.34. The topological polar surface area (TPSA) is 41.6 Å². The molecule has 4 heteroatoms. The van der Waals surface area contributed by atoms with E-state index in [0.29, 0.717) is 6.54 Å². The summed E-state index contributed by atoms with van der Waals surface area (Å²) >= 11 is 0. The molecule has 0 unspecified atom stereocenters. The number of nitrogens with zero attached hydrogens (tertiary/aromatic N) is 1. The van der Waals surface area contributed by atoms with E-state index >= 15 is 0 Å². The predicted molar refractivity (Wildman–Crippen MR) is 98.5 cm³/mol. The Morgan fingerprint density at radius 3 is 2.62 bits per heavy atom. The molecule has 0 saturated carbocycles. The van der Waals surface area contributed by atoms with E-state index < -0.39 is 0 Å². The number of hydrogen-bond acceptors (Lipinski definition) is 3. The minimum absolute atomic E-state index is 0.00446. The van der Waals surface area contributed by atoms with E-state index in [2.05, 4.69) is 41.4 Å². The molecule has 128 valence electrons. The molecule has 0 atom stereocenters. The number of hydrogen-bond donors (Lipinski definition) is 1. The summed E-state index contributed by atoms with van der Waals surface area (Å²) in [5.41, 5.74) is 2.11. The van der Waals surface area contributed by atoms with Crippen molar-refractivity contribution in [2.45, 2.75) is 19.8 Å². The Labute approximate surface area is 144 Å². The first kappa shape index (κ1) is 18.0. The molecule has 0 aliphatic rings. The first-order valence-electron chi connectivity index (χ1n) is 8.41. The van der Waals surface area contributed by atoms with E-state index in [-0.39, 0.29) is 5.91 Å². The van der Waals surface area contributed by atoms with Crippen LogP contribution in [0.4, 0.5) is 5.69 Å². The molecule has 0 spiro atoms. The van der Waals surface area contributed by atoms with E-state index in [1.54, 1.807) is 7.11 Å². The summed E-state index contributed by atoms with van der Waals surface area (Å²) in [6.45, 7) is 4.26. The Bertz CT molecular complexity index is 629. The highest BCUT2D eigenvalue weighted by Crippen LogP contribution is 2.16. The van der Waals surface area contributed by atoms with Gasteiger partial charge in [0.05, 0.1) is 13.7 Å². The Morgan fingerprint density at radius 2 is 1.92 bits per heavy atom. The molecule has 0 radical (unpaired) electrons. The molecule has 4 nitrogen and oxygen atoms in total. The zero-order valence-corrected chi connectivity index (χ0v) is 14.5. The smallest absolute Gasteiger partial charge is 0.238 e. The fraction of sp³-hybridized carbons (Fsp3) is 0.350. The zero-order chi connectivity index (χ0) is 17.2. The van der Waals surface area contributed by atoms with Crippen LogP contribution < -0.4 is 10.1 Å². The van der Waals surface area contributed by atoms with Crippen molar-refractivity contribution in [3.05, 3.63) is 60.2 Å². The lowest BCUT2D eigenvalue weighted by Gasteiger charge is -2.20. The zero-order valence-electron chi connectivity index (χ0n) is 14.5. The predicted octanol–water partition coefficient (Wildman–Crippen LogP) is 3.59. The summed E-state index contributed by atoms with van der Waals surface area (Å²) in [7, 11) is 1.62. The molecule has 0 fully saturated rings. The number of ether oxygens (including phenoxy) is 1. The molecule has 2 rings (SSSR count). The van der Waals surface area contributed by atoms with E-state index in [1.165, 1.54) is 5.56 Å². The van der Waals surface area contributed by atoms with Crippen molar-refractivity contribution in [2.24, 2.45) is 0 Å². The Hall–Kier alpha value is -2.33. The van der Waals surface area contributed by atoms with Crippen LogP contribution in [-0.2, 0) is 11.2 Å². The molecule has 0 bridgehead atoms. The van der Waals surface area contributed by atoms with Crippen LogP contribution in [-0.4, -0.2) is 37.6 Å². The second kappa shape index (κ2) is 9.73. The summed E-state index contributed by atoms with van der Waals surface area (Å²) in [4.78, 5) is 14.4. The number of benzene rings is 2. The number of rotatable bonds is 9. The summed E-state index contributed by atoms with van der Waals surface area (Å²) < 4.78 is 5.17. The van der Waals surface area contributed by atoms with E-state index in [0.717, 1.165) is 37.4 Å². The maximum absolute atomic E-state index is 12.2. The molecular formula is C20H26N2O2. The van der Waals surface area contributed by atoms with E-state index in [4.69, 9.17) is 4.74 Å². The number of carbonyl (C=O) groups is 1. The van der Waals surface area contributed by atoms with Gasteiger partial charge in [0.1, 0.15) is 5.75 Å². The van der Waals surface area contributed by atoms with Gasteiger partial charge in [0.25, 0.3) is 0 Å². The molecule has 0 aliphatic carbocycles. The molecule has 0 saturated heterocycles. The van der Waals surface area contributed by atoms with Crippen LogP contribution in [0.25, 0.3) is 0 Å². The van der Waals surface area contributed by atoms with Crippen molar-refractivity contribution in [3.63, 3.8) is 0 Å². The second-order valence-electron chi connectivity index (χ2n) is 5.74. The summed E-state index contributed by atoms with van der Waals surface area (Å²) in [5, 5.41) is 2.93. The standard InChI is InChI=1S/C20H26N2O2/c1-3-22(14-8-11-17-9-5-4-6-10-17)16-20(23)21-18-12-7-13-19(15-18)24-2/h4-7,9-10,12-13,15H,3,8,11,14,16H2,1-2H3,(H,21,23). The monoisotopic (exact) mass is 326 g/mol. The first-order valence-corrected chi connectivity index (χ1v) is 8.41. The molecule has 24 heavy (non-hydrogen) atoms. The van der Waals surface area contributed by atoms with Crippen molar-refractivity contribution in [1.29, 1.82) is 0 Å². The fourth-order valence-corrected chi connectivity index (χ4v) is 2.60. The second-order valence-corrected chi connectivity index (χ2v) is 5.74. The third-order valence-electron chi connectivity index (χ3n) is 3.95. The third kappa shape index (κ3) is 6.05. The van der Waals surface area contributed by atoms with Gasteiger partial charge in [-0.2, -0.15) is 0 Å². The number of likely N-dealkylation sites (N-methyl/N-ethyl adjacent to an activating group) is 1. The molecule has 2 aromatic rings. The van der Waals surface area contributed by atoms with Gasteiger partial charge in [0.2, 0.25) is 5.91 Å². The minimum atomic E-state index is 0.00446. The number of anilines is 1. The molecule has 1 amide bonds. The minimum Gasteiger partial charge on any atom is -0.497 e. The Morgan fingerprint density at radius 1 is 1.12 bits per heavy atom. The van der Waals surface area contributed by atoms with Crippen LogP contribution in [0.5, 0.6) is 5.75 Å². The first-order chi connectivity index (χ1) is 11.7. The van der Waals surface area contributed by atoms with E-state index in [9.17, 15) is 4.79 Å². The number of methoxy groups -OCH3 is 1. The molecule has 1 N–H and O–H groups in total. The molecule has 0 heterocycles. The van der Waals surface area contributed by atoms with Gasteiger partial charge in [-0.1, -0.05) is 43.3 Å².